The van der Waals surface area contributed by atoms with Crippen molar-refractivity contribution in [2.75, 3.05) is 24.7 Å². The lowest BCUT2D eigenvalue weighted by Crippen LogP contribution is -2.40. The van der Waals surface area contributed by atoms with Crippen LogP contribution >= 0.6 is 0 Å². The second-order valence-electron chi connectivity index (χ2n) is 5.31. The summed E-state index contributed by atoms with van der Waals surface area (Å²) in [5, 5.41) is 22.0. The first kappa shape index (κ1) is 14.9. The molecule has 0 aliphatic carbocycles. The molecule has 9 nitrogen and oxygen atoms in total. The molecule has 1 aliphatic rings. The van der Waals surface area contributed by atoms with Gasteiger partial charge in [0.05, 0.1) is 12.9 Å². The predicted octanol–water partition coefficient (Wildman–Crippen LogP) is -0.571. The predicted molar refractivity (Wildman–Crippen MR) is 75.8 cm³/mol. The zero-order valence-electron chi connectivity index (χ0n) is 12.1. The quantitative estimate of drug-likeness (QED) is 0.592. The number of rotatable bonds is 3. The van der Waals surface area contributed by atoms with Gasteiger partial charge < -0.3 is 26.0 Å². The molecule has 0 aromatic carbocycles. The van der Waals surface area contributed by atoms with Gasteiger partial charge in [-0.25, -0.2) is 9.37 Å². The number of nitrogen functional groups attached to an aromatic ring is 1. The van der Waals surface area contributed by atoms with E-state index in [4.69, 9.17) is 10.5 Å². The van der Waals surface area contributed by atoms with Gasteiger partial charge in [-0.3, -0.25) is 4.57 Å². The van der Waals surface area contributed by atoms with E-state index in [9.17, 15) is 14.6 Å². The van der Waals surface area contributed by atoms with E-state index in [0.29, 0.717) is 11.3 Å². The second kappa shape index (κ2) is 5.00. The van der Waals surface area contributed by atoms with Crippen molar-refractivity contribution in [3.63, 3.8) is 0 Å². The third-order valence-electron chi connectivity index (χ3n) is 3.83. The van der Waals surface area contributed by atoms with Crippen molar-refractivity contribution in [3.8, 4) is 0 Å². The van der Waals surface area contributed by atoms with Crippen LogP contribution in [0.4, 0.5) is 16.2 Å². The van der Waals surface area contributed by atoms with Crippen molar-refractivity contribution in [1.82, 2.24) is 19.5 Å². The Morgan fingerprint density at radius 1 is 1.55 bits per heavy atom. The number of nitrogens with two attached hydrogens (primary N) is 1. The van der Waals surface area contributed by atoms with Gasteiger partial charge in [0.25, 0.3) is 0 Å². The molecular weight excluding hydrogens is 295 g/mol. The van der Waals surface area contributed by atoms with Crippen LogP contribution in [0.25, 0.3) is 11.2 Å². The molecule has 2 aromatic rings. The van der Waals surface area contributed by atoms with Crippen LogP contribution in [0.5, 0.6) is 0 Å². The standard InChI is InChI=1S/C12H17FN6O3/c1-12(13)7(21)5(3-20)22-10(12)19-4-16-6-8(15-2)17-11(14)18-9(6)19/h4-5,7,10,20-21H,3H2,1-2H3,(H3,14,15,17,18)/t5?,7-,10-,12-/m1/s1. The first-order chi connectivity index (χ1) is 10.4. The number of fused-ring (bicyclic) bond motifs is 1. The normalized spacial score (nSPS) is 31.8. The summed E-state index contributed by atoms with van der Waals surface area (Å²) in [5.74, 6) is 0.399. The largest absolute Gasteiger partial charge is 0.394 e. The number of halogens is 1. The number of hydrogen-bond acceptors (Lipinski definition) is 8. The van der Waals surface area contributed by atoms with Crippen molar-refractivity contribution >= 4 is 22.9 Å². The Hall–Kier alpha value is -2.04. The molecule has 5 N–H and O–H groups in total. The average Bonchev–Trinajstić information content (AvgIpc) is 2.98. The first-order valence-electron chi connectivity index (χ1n) is 6.71. The lowest BCUT2D eigenvalue weighted by molar-refractivity contribution is -0.0566. The lowest BCUT2D eigenvalue weighted by Gasteiger charge is -2.24. The van der Waals surface area contributed by atoms with E-state index in [-0.39, 0.29) is 11.6 Å². The number of aliphatic hydroxyl groups is 2. The second-order valence-corrected chi connectivity index (χ2v) is 5.31. The van der Waals surface area contributed by atoms with E-state index < -0.39 is 30.7 Å². The number of ether oxygens (including phenoxy) is 1. The summed E-state index contributed by atoms with van der Waals surface area (Å²) in [6.45, 7) is 0.704. The highest BCUT2D eigenvalue weighted by atomic mass is 19.1. The smallest absolute Gasteiger partial charge is 0.224 e. The van der Waals surface area contributed by atoms with E-state index in [1.165, 1.54) is 17.8 Å². The average molecular weight is 312 g/mol. The molecule has 120 valence electrons. The van der Waals surface area contributed by atoms with E-state index in [1.807, 2.05) is 0 Å². The molecular formula is C12H17FN6O3. The minimum atomic E-state index is -2.12. The van der Waals surface area contributed by atoms with Crippen LogP contribution in [0.15, 0.2) is 6.33 Å². The number of imidazole rings is 1. The molecule has 0 bridgehead atoms. The van der Waals surface area contributed by atoms with Gasteiger partial charge in [-0.05, 0) is 6.92 Å². The Morgan fingerprint density at radius 2 is 2.27 bits per heavy atom. The molecule has 10 heteroatoms. The van der Waals surface area contributed by atoms with Gasteiger partial charge in [-0.15, -0.1) is 0 Å². The Bertz CT molecular complexity index is 705. The number of aromatic nitrogens is 4. The number of nitrogens with one attached hydrogen (secondary N) is 1. The highest BCUT2D eigenvalue weighted by Gasteiger charge is 2.55. The number of hydrogen-bond donors (Lipinski definition) is 4. The minimum Gasteiger partial charge on any atom is -0.394 e. The van der Waals surface area contributed by atoms with Gasteiger partial charge in [0.1, 0.15) is 12.2 Å². The molecule has 1 fully saturated rings. The first-order valence-corrected chi connectivity index (χ1v) is 6.71. The number of anilines is 2. The number of nitrogens with zero attached hydrogens (tertiary/aromatic N) is 4. The maximum absolute atomic E-state index is 14.9. The molecule has 1 saturated heterocycles. The molecule has 4 atom stereocenters. The lowest BCUT2D eigenvalue weighted by atomic mass is 9.98. The van der Waals surface area contributed by atoms with Crippen molar-refractivity contribution in [1.29, 1.82) is 0 Å². The number of aliphatic hydroxyl groups excluding tert-OH is 2. The van der Waals surface area contributed by atoms with Crippen molar-refractivity contribution in [2.45, 2.75) is 31.0 Å². The van der Waals surface area contributed by atoms with Crippen LogP contribution in [-0.4, -0.2) is 61.3 Å². The summed E-state index contributed by atoms with van der Waals surface area (Å²) in [4.78, 5) is 12.2. The van der Waals surface area contributed by atoms with Crippen LogP contribution in [0.1, 0.15) is 13.2 Å². The maximum Gasteiger partial charge on any atom is 0.224 e. The summed E-state index contributed by atoms with van der Waals surface area (Å²) in [7, 11) is 1.65. The molecule has 3 rings (SSSR count). The van der Waals surface area contributed by atoms with Crippen LogP contribution in [0.3, 0.4) is 0 Å². The molecule has 3 heterocycles. The van der Waals surface area contributed by atoms with Crippen molar-refractivity contribution in [2.24, 2.45) is 0 Å². The zero-order chi connectivity index (χ0) is 16.1. The van der Waals surface area contributed by atoms with Crippen LogP contribution in [-0.2, 0) is 4.74 Å². The summed E-state index contributed by atoms with van der Waals surface area (Å²) >= 11 is 0. The summed E-state index contributed by atoms with van der Waals surface area (Å²) in [6.07, 6.45) is -2.35. The summed E-state index contributed by atoms with van der Waals surface area (Å²) < 4.78 is 21.6. The van der Waals surface area contributed by atoms with Gasteiger partial charge in [0.2, 0.25) is 5.95 Å². The van der Waals surface area contributed by atoms with E-state index in [2.05, 4.69) is 20.3 Å². The van der Waals surface area contributed by atoms with E-state index in [0.717, 1.165) is 0 Å². The summed E-state index contributed by atoms with van der Waals surface area (Å²) in [6, 6.07) is 0. The van der Waals surface area contributed by atoms with Gasteiger partial charge in [-0.1, -0.05) is 0 Å². The van der Waals surface area contributed by atoms with Gasteiger partial charge in [-0.2, -0.15) is 9.97 Å². The highest BCUT2D eigenvalue weighted by molar-refractivity contribution is 5.84. The van der Waals surface area contributed by atoms with Gasteiger partial charge >= 0.3 is 0 Å². The maximum atomic E-state index is 14.9. The fourth-order valence-corrected chi connectivity index (χ4v) is 2.64. The highest BCUT2D eigenvalue weighted by Crippen LogP contribution is 2.42. The Labute approximate surface area is 124 Å². The Kier molecular flexibility index (Phi) is 3.38. The van der Waals surface area contributed by atoms with Crippen molar-refractivity contribution < 1.29 is 19.3 Å². The fourth-order valence-electron chi connectivity index (χ4n) is 2.64. The molecule has 0 radical (unpaired) electrons. The third kappa shape index (κ3) is 1.99. The number of alkyl halides is 1. The van der Waals surface area contributed by atoms with Crippen LogP contribution in [0.2, 0.25) is 0 Å². The molecule has 0 amide bonds. The Balaban J connectivity index is 2.13. The molecule has 0 saturated carbocycles. The van der Waals surface area contributed by atoms with Crippen molar-refractivity contribution in [3.05, 3.63) is 6.33 Å². The summed E-state index contributed by atoms with van der Waals surface area (Å²) in [5.41, 5.74) is 4.20. The molecule has 2 aromatic heterocycles. The minimum absolute atomic E-state index is 0.00332. The Morgan fingerprint density at radius 3 is 2.86 bits per heavy atom. The molecule has 22 heavy (non-hydrogen) atoms. The van der Waals surface area contributed by atoms with E-state index >= 15 is 0 Å². The fraction of sp³-hybridized carbons (Fsp3) is 0.583. The van der Waals surface area contributed by atoms with E-state index in [1.54, 1.807) is 7.05 Å². The molecule has 1 aliphatic heterocycles. The zero-order valence-corrected chi connectivity index (χ0v) is 12.1. The SMILES string of the molecule is CNc1nc(N)nc2c1ncn2[C@@H]1OC(CO)[C@@H](O)[C@@]1(C)F. The molecule has 1 unspecified atom stereocenters. The topological polar surface area (TPSA) is 131 Å². The van der Waals surface area contributed by atoms with Crippen LogP contribution in [0, 0.1) is 0 Å². The van der Waals surface area contributed by atoms with Gasteiger partial charge in [0.15, 0.2) is 28.9 Å². The van der Waals surface area contributed by atoms with Gasteiger partial charge in [0, 0.05) is 7.05 Å². The third-order valence-corrected chi connectivity index (χ3v) is 3.83. The monoisotopic (exact) mass is 312 g/mol. The molecule has 0 spiro atoms. The van der Waals surface area contributed by atoms with Crippen LogP contribution < -0.4 is 11.1 Å².